The minimum Gasteiger partial charge on any atom is -0.299 e. The molecule has 0 spiro atoms. The van der Waals surface area contributed by atoms with Crippen molar-refractivity contribution >= 4 is 16.6 Å². The van der Waals surface area contributed by atoms with Gasteiger partial charge in [0.1, 0.15) is 5.69 Å². The Hall–Kier alpha value is -2.79. The summed E-state index contributed by atoms with van der Waals surface area (Å²) in [4.78, 5) is 7.45. The van der Waals surface area contributed by atoms with Crippen molar-refractivity contribution in [1.82, 2.24) is 24.5 Å². The van der Waals surface area contributed by atoms with Gasteiger partial charge in [-0.1, -0.05) is 24.3 Å². The SMILES string of the molecule is c1cc2nnc(-c3ccc4ccc(C5CC5)cc4n3)n2cc1CN1CCCC1. The van der Waals surface area contributed by atoms with Gasteiger partial charge in [0, 0.05) is 18.1 Å². The van der Waals surface area contributed by atoms with Crippen LogP contribution in [0.15, 0.2) is 48.7 Å². The largest absolute Gasteiger partial charge is 0.299 e. The zero-order valence-electron chi connectivity index (χ0n) is 15.9. The Kier molecular flexibility index (Phi) is 3.69. The van der Waals surface area contributed by atoms with Gasteiger partial charge in [0.2, 0.25) is 0 Å². The molecule has 4 aromatic rings. The van der Waals surface area contributed by atoms with E-state index in [1.807, 2.05) is 0 Å². The van der Waals surface area contributed by atoms with E-state index < -0.39 is 0 Å². The van der Waals surface area contributed by atoms with Crippen molar-refractivity contribution in [2.24, 2.45) is 0 Å². The predicted molar refractivity (Wildman–Crippen MR) is 110 cm³/mol. The molecule has 1 aliphatic carbocycles. The number of hydrogen-bond acceptors (Lipinski definition) is 4. The van der Waals surface area contributed by atoms with Crippen LogP contribution in [0.25, 0.3) is 28.1 Å². The standard InChI is InChI=1S/C23H23N5/c1-2-12-27(11-1)14-16-3-10-22-25-26-23(28(22)15-16)20-9-8-18-6-7-19(17-4-5-17)13-21(18)24-20/h3,6-10,13,15,17H,1-2,4-5,11-12,14H2. The summed E-state index contributed by atoms with van der Waals surface area (Å²) in [5, 5.41) is 9.99. The highest BCUT2D eigenvalue weighted by molar-refractivity contribution is 5.82. The van der Waals surface area contributed by atoms with Gasteiger partial charge in [-0.3, -0.25) is 9.30 Å². The van der Waals surface area contributed by atoms with E-state index in [4.69, 9.17) is 4.98 Å². The molecule has 5 heteroatoms. The second-order valence-electron chi connectivity index (χ2n) is 8.20. The van der Waals surface area contributed by atoms with Crippen LogP contribution in [0.5, 0.6) is 0 Å². The molecule has 0 atom stereocenters. The maximum absolute atomic E-state index is 4.94. The second-order valence-corrected chi connectivity index (χ2v) is 8.20. The van der Waals surface area contributed by atoms with Crippen LogP contribution in [0.4, 0.5) is 0 Å². The summed E-state index contributed by atoms with van der Waals surface area (Å²) in [6.07, 6.45) is 7.41. The van der Waals surface area contributed by atoms with Gasteiger partial charge in [-0.25, -0.2) is 4.98 Å². The molecular weight excluding hydrogens is 346 g/mol. The van der Waals surface area contributed by atoms with Crippen molar-refractivity contribution in [2.75, 3.05) is 13.1 Å². The predicted octanol–water partition coefficient (Wildman–Crippen LogP) is 4.42. The Labute approximate surface area is 164 Å². The average molecular weight is 369 g/mol. The molecule has 140 valence electrons. The molecule has 0 bridgehead atoms. The van der Waals surface area contributed by atoms with E-state index in [2.05, 4.69) is 68.2 Å². The first-order valence-electron chi connectivity index (χ1n) is 10.3. The molecule has 28 heavy (non-hydrogen) atoms. The average Bonchev–Trinajstić information content (AvgIpc) is 3.30. The molecule has 0 N–H and O–H groups in total. The lowest BCUT2D eigenvalue weighted by molar-refractivity contribution is 0.331. The number of rotatable bonds is 4. The summed E-state index contributed by atoms with van der Waals surface area (Å²) in [5.74, 6) is 1.55. The molecule has 0 radical (unpaired) electrons. The first-order valence-corrected chi connectivity index (χ1v) is 10.3. The highest BCUT2D eigenvalue weighted by Crippen LogP contribution is 2.40. The summed E-state index contributed by atoms with van der Waals surface area (Å²) in [7, 11) is 0. The highest BCUT2D eigenvalue weighted by atomic mass is 15.3. The highest BCUT2D eigenvalue weighted by Gasteiger charge is 2.23. The van der Waals surface area contributed by atoms with Crippen LogP contribution in [-0.4, -0.2) is 37.6 Å². The third kappa shape index (κ3) is 2.87. The van der Waals surface area contributed by atoms with Gasteiger partial charge in [0.25, 0.3) is 0 Å². The summed E-state index contributed by atoms with van der Waals surface area (Å²) in [5.41, 5.74) is 5.51. The number of fused-ring (bicyclic) bond motifs is 2. The summed E-state index contributed by atoms with van der Waals surface area (Å²) >= 11 is 0. The van der Waals surface area contributed by atoms with Gasteiger partial charge in [-0.05, 0) is 74.0 Å². The molecule has 2 aliphatic rings. The van der Waals surface area contributed by atoms with Crippen molar-refractivity contribution in [3.05, 3.63) is 59.8 Å². The van der Waals surface area contributed by atoms with E-state index in [0.29, 0.717) is 0 Å². The molecule has 1 aliphatic heterocycles. The fourth-order valence-corrected chi connectivity index (χ4v) is 4.33. The van der Waals surface area contributed by atoms with Crippen molar-refractivity contribution in [2.45, 2.75) is 38.1 Å². The minimum atomic E-state index is 0.733. The van der Waals surface area contributed by atoms with Gasteiger partial charge in [-0.15, -0.1) is 10.2 Å². The molecule has 5 nitrogen and oxygen atoms in total. The molecule has 6 rings (SSSR count). The molecule has 2 fully saturated rings. The zero-order chi connectivity index (χ0) is 18.5. The quantitative estimate of drug-likeness (QED) is 0.534. The van der Waals surface area contributed by atoms with Crippen molar-refractivity contribution in [3.8, 4) is 11.5 Å². The summed E-state index contributed by atoms with van der Waals surface area (Å²) in [6, 6.07) is 15.1. The van der Waals surface area contributed by atoms with Gasteiger partial charge in [0.05, 0.1) is 5.52 Å². The molecule has 3 aromatic heterocycles. The lowest BCUT2D eigenvalue weighted by Gasteiger charge is -2.14. The van der Waals surface area contributed by atoms with Crippen molar-refractivity contribution in [1.29, 1.82) is 0 Å². The number of benzene rings is 1. The number of aromatic nitrogens is 4. The fraction of sp³-hybridized carbons (Fsp3) is 0.348. The van der Waals surface area contributed by atoms with Crippen LogP contribution >= 0.6 is 0 Å². The Morgan fingerprint density at radius 1 is 0.929 bits per heavy atom. The minimum absolute atomic E-state index is 0.733. The van der Waals surface area contributed by atoms with E-state index in [9.17, 15) is 0 Å². The normalized spacial score (nSPS) is 17.7. The smallest absolute Gasteiger partial charge is 0.187 e. The fourth-order valence-electron chi connectivity index (χ4n) is 4.33. The van der Waals surface area contributed by atoms with Gasteiger partial charge >= 0.3 is 0 Å². The molecule has 1 saturated heterocycles. The maximum Gasteiger partial charge on any atom is 0.187 e. The summed E-state index contributed by atoms with van der Waals surface area (Å²) in [6.45, 7) is 3.38. The second kappa shape index (κ2) is 6.38. The van der Waals surface area contributed by atoms with Crippen molar-refractivity contribution < 1.29 is 0 Å². The van der Waals surface area contributed by atoms with Crippen LogP contribution in [0.3, 0.4) is 0 Å². The summed E-state index contributed by atoms with van der Waals surface area (Å²) < 4.78 is 2.09. The van der Waals surface area contributed by atoms with Crippen LogP contribution in [0.2, 0.25) is 0 Å². The van der Waals surface area contributed by atoms with Gasteiger partial charge < -0.3 is 0 Å². The Bertz CT molecular complexity index is 1170. The maximum atomic E-state index is 4.94. The number of pyridine rings is 2. The zero-order valence-corrected chi connectivity index (χ0v) is 15.9. The molecule has 0 unspecified atom stereocenters. The van der Waals surface area contributed by atoms with Crippen LogP contribution < -0.4 is 0 Å². The Morgan fingerprint density at radius 2 is 1.79 bits per heavy atom. The number of hydrogen-bond donors (Lipinski definition) is 0. The first-order chi connectivity index (χ1) is 13.8. The van der Waals surface area contributed by atoms with E-state index >= 15 is 0 Å². The third-order valence-electron chi connectivity index (χ3n) is 6.06. The Morgan fingerprint density at radius 3 is 2.64 bits per heavy atom. The molecule has 1 saturated carbocycles. The number of nitrogens with zero attached hydrogens (tertiary/aromatic N) is 5. The van der Waals surface area contributed by atoms with Crippen LogP contribution in [-0.2, 0) is 6.54 Å². The van der Waals surface area contributed by atoms with E-state index in [0.717, 1.165) is 35.1 Å². The van der Waals surface area contributed by atoms with Gasteiger partial charge in [-0.2, -0.15) is 0 Å². The number of likely N-dealkylation sites (tertiary alicyclic amines) is 1. The van der Waals surface area contributed by atoms with E-state index in [1.165, 1.54) is 55.3 Å². The van der Waals surface area contributed by atoms with Gasteiger partial charge in [0.15, 0.2) is 11.5 Å². The molecule has 0 amide bonds. The van der Waals surface area contributed by atoms with Crippen LogP contribution in [0.1, 0.15) is 42.7 Å². The van der Waals surface area contributed by atoms with Crippen molar-refractivity contribution in [3.63, 3.8) is 0 Å². The van der Waals surface area contributed by atoms with E-state index in [-0.39, 0.29) is 0 Å². The Balaban J connectivity index is 1.40. The molecule has 4 heterocycles. The molecule has 1 aromatic carbocycles. The monoisotopic (exact) mass is 369 g/mol. The van der Waals surface area contributed by atoms with Crippen LogP contribution in [0, 0.1) is 0 Å². The lowest BCUT2D eigenvalue weighted by Crippen LogP contribution is -2.18. The topological polar surface area (TPSA) is 46.3 Å². The lowest BCUT2D eigenvalue weighted by atomic mass is 10.1. The first kappa shape index (κ1) is 16.2. The third-order valence-corrected chi connectivity index (χ3v) is 6.06. The van der Waals surface area contributed by atoms with E-state index in [1.54, 1.807) is 0 Å². The molecular formula is C23H23N5.